The molecule has 1 aromatic carbocycles. The number of carbonyl (C=O) groups is 2. The molecule has 1 saturated heterocycles. The van der Waals surface area contributed by atoms with Crippen molar-refractivity contribution in [1.29, 1.82) is 0 Å². The van der Waals surface area contributed by atoms with Crippen molar-refractivity contribution in [2.75, 3.05) is 6.61 Å². The average molecular weight is 421 g/mol. The number of carbonyl (C=O) groups excluding carboxylic acids is 2. The van der Waals surface area contributed by atoms with E-state index in [0.717, 1.165) is 6.08 Å². The summed E-state index contributed by atoms with van der Waals surface area (Å²) in [5, 5.41) is 42.0. The van der Waals surface area contributed by atoms with Crippen LogP contribution < -0.4 is 5.32 Å². The molecule has 1 amide bonds. The number of ether oxygens (including phenoxy) is 3. The second kappa shape index (κ2) is 9.37. The molecule has 162 valence electrons. The van der Waals surface area contributed by atoms with E-state index in [-0.39, 0.29) is 11.7 Å². The Morgan fingerprint density at radius 3 is 2.50 bits per heavy atom. The summed E-state index contributed by atoms with van der Waals surface area (Å²) in [5.74, 6) is -0.964. The van der Waals surface area contributed by atoms with Crippen LogP contribution in [-0.2, 0) is 23.8 Å². The number of aliphatic hydroxyl groups excluding tert-OH is 3. The van der Waals surface area contributed by atoms with Crippen LogP contribution in [0, 0.1) is 0 Å². The van der Waals surface area contributed by atoms with Gasteiger partial charge in [-0.15, -0.1) is 0 Å². The van der Waals surface area contributed by atoms with Crippen LogP contribution in [0.2, 0.25) is 0 Å². The minimum Gasteiger partial charge on any atom is -0.508 e. The van der Waals surface area contributed by atoms with Crippen LogP contribution in [0.5, 0.6) is 5.75 Å². The number of aromatic hydroxyl groups is 1. The van der Waals surface area contributed by atoms with Crippen molar-refractivity contribution in [3.05, 3.63) is 47.6 Å². The van der Waals surface area contributed by atoms with Gasteiger partial charge in [0.2, 0.25) is 5.91 Å². The van der Waals surface area contributed by atoms with Crippen molar-refractivity contribution >= 4 is 18.0 Å². The van der Waals surface area contributed by atoms with Crippen molar-refractivity contribution in [2.45, 2.75) is 43.9 Å². The molecule has 0 aromatic heterocycles. The molecule has 30 heavy (non-hydrogen) atoms. The lowest BCUT2D eigenvalue weighted by Crippen LogP contribution is -2.60. The zero-order valence-electron chi connectivity index (χ0n) is 16.0. The fourth-order valence-electron chi connectivity index (χ4n) is 2.93. The summed E-state index contributed by atoms with van der Waals surface area (Å²) >= 11 is 0. The lowest BCUT2D eigenvalue weighted by Gasteiger charge is -2.40. The van der Waals surface area contributed by atoms with E-state index >= 15 is 0 Å². The fraction of sp³-hybridized carbons (Fsp3) is 0.400. The zero-order valence-corrected chi connectivity index (χ0v) is 16.0. The number of hydrogen-bond donors (Lipinski definition) is 5. The number of hydrogen-bond acceptors (Lipinski definition) is 9. The maximum absolute atomic E-state index is 11.9. The highest BCUT2D eigenvalue weighted by molar-refractivity contribution is 5.95. The Bertz CT molecular complexity index is 835. The van der Waals surface area contributed by atoms with E-state index in [1.165, 1.54) is 24.3 Å². The van der Waals surface area contributed by atoms with E-state index in [4.69, 9.17) is 14.2 Å². The van der Waals surface area contributed by atoms with Crippen LogP contribution in [0.4, 0.5) is 0 Å². The first kappa shape index (κ1) is 21.9. The highest BCUT2D eigenvalue weighted by atomic mass is 16.7. The van der Waals surface area contributed by atoms with Gasteiger partial charge < -0.3 is 40.0 Å². The van der Waals surface area contributed by atoms with Gasteiger partial charge in [-0.25, -0.2) is 4.79 Å². The van der Waals surface area contributed by atoms with Gasteiger partial charge in [-0.2, -0.15) is 0 Å². The predicted molar refractivity (Wildman–Crippen MR) is 102 cm³/mol. The summed E-state index contributed by atoms with van der Waals surface area (Å²) in [6, 6.07) is 6.14. The Labute approximate surface area is 172 Å². The molecule has 2 heterocycles. The molecular formula is C20H23NO9. The van der Waals surface area contributed by atoms with E-state index in [2.05, 4.69) is 5.32 Å². The topological polar surface area (TPSA) is 155 Å². The Kier molecular flexibility index (Phi) is 6.85. The second-order valence-electron chi connectivity index (χ2n) is 6.95. The van der Waals surface area contributed by atoms with Crippen LogP contribution in [0.25, 0.3) is 6.08 Å². The molecule has 10 heteroatoms. The second-order valence-corrected chi connectivity index (χ2v) is 6.95. The first-order chi connectivity index (χ1) is 14.2. The predicted octanol–water partition coefficient (Wildman–Crippen LogP) is -0.825. The Balaban J connectivity index is 1.55. The standard InChI is InChI=1S/C20H23NO9/c1-10-8-14(21-19(10)27)30-20-18(26)17(25)16(24)13(29-20)9-28-15(23)7-4-11-2-5-12(22)6-3-11/h2-8,13-14,16-18,20,22,24-26H,9H2,1H3,(H,21,27)/b7-4+/t13-,14-,16-,17+,18-,20+/m1/s1. The summed E-state index contributed by atoms with van der Waals surface area (Å²) in [6.45, 7) is 1.18. The number of nitrogens with one attached hydrogen (secondary N) is 1. The van der Waals surface area contributed by atoms with Crippen molar-refractivity contribution < 1.29 is 44.2 Å². The summed E-state index contributed by atoms with van der Waals surface area (Å²) in [6.07, 6.45) is -3.99. The quantitative estimate of drug-likeness (QED) is 0.292. The van der Waals surface area contributed by atoms with Crippen LogP contribution in [0.15, 0.2) is 42.0 Å². The number of aliphatic hydroxyl groups is 3. The summed E-state index contributed by atoms with van der Waals surface area (Å²) in [7, 11) is 0. The lowest BCUT2D eigenvalue weighted by atomic mass is 9.99. The van der Waals surface area contributed by atoms with Crippen LogP contribution in [0.3, 0.4) is 0 Å². The third-order valence-corrected chi connectivity index (χ3v) is 4.68. The highest BCUT2D eigenvalue weighted by Crippen LogP contribution is 2.24. The maximum atomic E-state index is 11.9. The Morgan fingerprint density at radius 1 is 1.17 bits per heavy atom. The minimum absolute atomic E-state index is 0.0958. The van der Waals surface area contributed by atoms with Crippen molar-refractivity contribution in [2.24, 2.45) is 0 Å². The molecule has 2 aliphatic heterocycles. The van der Waals surface area contributed by atoms with Gasteiger partial charge in [-0.1, -0.05) is 12.1 Å². The van der Waals surface area contributed by atoms with E-state index in [1.807, 2.05) is 0 Å². The molecule has 2 aliphatic rings. The molecule has 0 spiro atoms. The molecule has 0 saturated carbocycles. The van der Waals surface area contributed by atoms with Crippen LogP contribution in [0.1, 0.15) is 12.5 Å². The summed E-state index contributed by atoms with van der Waals surface area (Å²) < 4.78 is 15.9. The smallest absolute Gasteiger partial charge is 0.330 e. The number of phenols is 1. The summed E-state index contributed by atoms with van der Waals surface area (Å²) in [4.78, 5) is 23.4. The van der Waals surface area contributed by atoms with E-state index in [1.54, 1.807) is 19.1 Å². The van der Waals surface area contributed by atoms with Gasteiger partial charge in [0.05, 0.1) is 0 Å². The number of esters is 1. The minimum atomic E-state index is -1.61. The number of rotatable bonds is 6. The van der Waals surface area contributed by atoms with Crippen LogP contribution >= 0.6 is 0 Å². The summed E-state index contributed by atoms with van der Waals surface area (Å²) in [5.41, 5.74) is 1.09. The van der Waals surface area contributed by atoms with E-state index in [0.29, 0.717) is 11.1 Å². The number of phenolic OH excluding ortho intramolecular Hbond substituents is 1. The van der Waals surface area contributed by atoms with Crippen molar-refractivity contribution in [3.63, 3.8) is 0 Å². The van der Waals surface area contributed by atoms with Crippen molar-refractivity contribution in [1.82, 2.24) is 5.32 Å². The molecule has 0 unspecified atom stereocenters. The molecule has 6 atom stereocenters. The SMILES string of the molecule is CC1=C[C@@H](O[C@@H]2O[C@H](COC(=O)/C=C/c3ccc(O)cc3)[C@@H](O)[C@H](O)[C@H]2O)NC1=O. The zero-order chi connectivity index (χ0) is 21.8. The third-order valence-electron chi connectivity index (χ3n) is 4.68. The normalized spacial score (nSPS) is 31.5. The maximum Gasteiger partial charge on any atom is 0.330 e. The molecular weight excluding hydrogens is 398 g/mol. The molecule has 1 aromatic rings. The lowest BCUT2D eigenvalue weighted by molar-refractivity contribution is -0.309. The number of benzene rings is 1. The first-order valence-electron chi connectivity index (χ1n) is 9.23. The fourth-order valence-corrected chi connectivity index (χ4v) is 2.93. The van der Waals surface area contributed by atoms with Gasteiger partial charge in [0.25, 0.3) is 0 Å². The monoisotopic (exact) mass is 421 g/mol. The van der Waals surface area contributed by atoms with Gasteiger partial charge in [0.15, 0.2) is 12.5 Å². The highest BCUT2D eigenvalue weighted by Gasteiger charge is 2.45. The molecule has 0 radical (unpaired) electrons. The molecule has 10 nitrogen and oxygen atoms in total. The van der Waals surface area contributed by atoms with Crippen LogP contribution in [-0.4, -0.2) is 75.8 Å². The first-order valence-corrected chi connectivity index (χ1v) is 9.23. The Morgan fingerprint density at radius 2 is 1.87 bits per heavy atom. The molecule has 1 fully saturated rings. The molecule has 0 aliphatic carbocycles. The van der Waals surface area contributed by atoms with E-state index < -0.39 is 49.5 Å². The van der Waals surface area contributed by atoms with E-state index in [9.17, 15) is 30.0 Å². The van der Waals surface area contributed by atoms with Crippen molar-refractivity contribution in [3.8, 4) is 5.75 Å². The average Bonchev–Trinajstić information content (AvgIpc) is 3.04. The number of amides is 1. The van der Waals surface area contributed by atoms with Gasteiger partial charge >= 0.3 is 5.97 Å². The molecule has 3 rings (SSSR count). The van der Waals surface area contributed by atoms with Gasteiger partial charge in [0.1, 0.15) is 36.8 Å². The van der Waals surface area contributed by atoms with Gasteiger partial charge in [-0.05, 0) is 36.8 Å². The molecule has 5 N–H and O–H groups in total. The Hall–Kier alpha value is -2.76. The largest absolute Gasteiger partial charge is 0.508 e. The van der Waals surface area contributed by atoms with Gasteiger partial charge in [0, 0.05) is 11.6 Å². The third kappa shape index (κ3) is 5.23. The van der Waals surface area contributed by atoms with Gasteiger partial charge in [-0.3, -0.25) is 4.79 Å². The molecule has 0 bridgehead atoms.